The van der Waals surface area contributed by atoms with Crippen LogP contribution in [-0.2, 0) is 0 Å². The molecular formula is C18H17Cl2F3N2O. The molecule has 26 heavy (non-hydrogen) atoms. The van der Waals surface area contributed by atoms with Gasteiger partial charge in [-0.3, -0.25) is 4.79 Å². The zero-order valence-corrected chi connectivity index (χ0v) is 15.1. The number of hydrogen-bond donors (Lipinski definition) is 2. The largest absolute Gasteiger partial charge is 0.347 e. The molecule has 2 aromatic carbocycles. The summed E-state index contributed by atoms with van der Waals surface area (Å²) in [5.41, 5.74) is 0.444. The summed E-state index contributed by atoms with van der Waals surface area (Å²) >= 11 is 5.82. The van der Waals surface area contributed by atoms with Gasteiger partial charge in [-0.1, -0.05) is 17.7 Å². The second-order valence-corrected chi connectivity index (χ2v) is 6.41. The minimum atomic E-state index is -0.929. The number of carbonyl (C=O) groups excluding carboxylic acids is 1. The highest BCUT2D eigenvalue weighted by Gasteiger charge is 2.29. The summed E-state index contributed by atoms with van der Waals surface area (Å²) in [7, 11) is 0. The van der Waals surface area contributed by atoms with E-state index in [1.807, 2.05) is 0 Å². The molecule has 1 aliphatic heterocycles. The first-order valence-corrected chi connectivity index (χ1v) is 8.25. The molecule has 2 unspecified atom stereocenters. The van der Waals surface area contributed by atoms with Crippen molar-refractivity contribution in [3.05, 3.63) is 70.0 Å². The van der Waals surface area contributed by atoms with E-state index < -0.39 is 23.4 Å². The normalized spacial score (nSPS) is 19.5. The summed E-state index contributed by atoms with van der Waals surface area (Å²) < 4.78 is 40.6. The summed E-state index contributed by atoms with van der Waals surface area (Å²) in [5.74, 6) is -3.32. The van der Waals surface area contributed by atoms with Crippen molar-refractivity contribution in [1.82, 2.24) is 10.6 Å². The summed E-state index contributed by atoms with van der Waals surface area (Å²) in [6, 6.07) is 7.09. The molecule has 0 radical (unpaired) electrons. The molecular weight excluding hydrogens is 388 g/mol. The highest BCUT2D eigenvalue weighted by atomic mass is 35.5. The molecule has 0 saturated carbocycles. The van der Waals surface area contributed by atoms with Gasteiger partial charge in [0.1, 0.15) is 5.82 Å². The Morgan fingerprint density at radius 1 is 1.08 bits per heavy atom. The van der Waals surface area contributed by atoms with Crippen molar-refractivity contribution < 1.29 is 18.0 Å². The fraction of sp³-hybridized carbons (Fsp3) is 0.278. The lowest BCUT2D eigenvalue weighted by Crippen LogP contribution is -2.50. The van der Waals surface area contributed by atoms with E-state index in [1.54, 1.807) is 0 Å². The zero-order chi connectivity index (χ0) is 18.0. The van der Waals surface area contributed by atoms with Crippen molar-refractivity contribution in [2.75, 3.05) is 13.1 Å². The van der Waals surface area contributed by atoms with Crippen LogP contribution in [0.15, 0.2) is 36.4 Å². The van der Waals surface area contributed by atoms with Crippen LogP contribution in [0.4, 0.5) is 13.2 Å². The van der Waals surface area contributed by atoms with Crippen molar-refractivity contribution >= 4 is 29.9 Å². The average molecular weight is 405 g/mol. The van der Waals surface area contributed by atoms with Crippen LogP contribution in [-0.4, -0.2) is 25.0 Å². The molecule has 0 aromatic heterocycles. The molecule has 2 N–H and O–H groups in total. The van der Waals surface area contributed by atoms with Gasteiger partial charge < -0.3 is 10.6 Å². The van der Waals surface area contributed by atoms with Gasteiger partial charge in [0.2, 0.25) is 0 Å². The monoisotopic (exact) mass is 404 g/mol. The van der Waals surface area contributed by atoms with Gasteiger partial charge in [0.05, 0.1) is 5.56 Å². The van der Waals surface area contributed by atoms with Crippen LogP contribution >= 0.6 is 24.0 Å². The zero-order valence-electron chi connectivity index (χ0n) is 13.6. The molecule has 3 rings (SSSR count). The molecule has 1 aliphatic rings. The molecule has 0 aliphatic carbocycles. The fourth-order valence-electron chi connectivity index (χ4n) is 3.07. The Morgan fingerprint density at radius 2 is 1.81 bits per heavy atom. The molecule has 0 spiro atoms. The maximum atomic E-state index is 13.9. The summed E-state index contributed by atoms with van der Waals surface area (Å²) in [5, 5.41) is 6.17. The number of hydrogen-bond acceptors (Lipinski definition) is 2. The van der Waals surface area contributed by atoms with Gasteiger partial charge in [0, 0.05) is 23.5 Å². The first-order chi connectivity index (χ1) is 12.0. The molecule has 2 aromatic rings. The van der Waals surface area contributed by atoms with E-state index in [1.165, 1.54) is 18.2 Å². The molecule has 8 heteroatoms. The molecule has 2 atom stereocenters. The van der Waals surface area contributed by atoms with Gasteiger partial charge in [-0.2, -0.15) is 0 Å². The van der Waals surface area contributed by atoms with E-state index in [-0.39, 0.29) is 35.0 Å². The number of piperidine rings is 1. The lowest BCUT2D eigenvalue weighted by atomic mass is 9.85. The maximum Gasteiger partial charge on any atom is 0.254 e. The Morgan fingerprint density at radius 3 is 2.54 bits per heavy atom. The molecule has 1 heterocycles. The van der Waals surface area contributed by atoms with Gasteiger partial charge in [0.15, 0.2) is 11.6 Å². The van der Waals surface area contributed by atoms with Crippen LogP contribution in [0, 0.1) is 17.5 Å². The summed E-state index contributed by atoms with van der Waals surface area (Å²) in [4.78, 5) is 12.4. The van der Waals surface area contributed by atoms with Crippen LogP contribution in [0.2, 0.25) is 5.02 Å². The molecule has 1 amide bonds. The topological polar surface area (TPSA) is 41.1 Å². The third kappa shape index (κ3) is 4.50. The molecule has 140 valence electrons. The Balaban J connectivity index is 0.00000243. The smallest absolute Gasteiger partial charge is 0.254 e. The number of rotatable bonds is 3. The molecule has 0 bridgehead atoms. The fourth-order valence-corrected chi connectivity index (χ4v) is 3.24. The molecule has 3 nitrogen and oxygen atoms in total. The van der Waals surface area contributed by atoms with E-state index in [4.69, 9.17) is 11.6 Å². The predicted octanol–water partition coefficient (Wildman–Crippen LogP) is 4.05. The van der Waals surface area contributed by atoms with E-state index in [9.17, 15) is 18.0 Å². The second kappa shape index (κ2) is 8.75. The number of benzene rings is 2. The van der Waals surface area contributed by atoms with Crippen molar-refractivity contribution in [2.24, 2.45) is 0 Å². The first-order valence-electron chi connectivity index (χ1n) is 7.87. The van der Waals surface area contributed by atoms with E-state index >= 15 is 0 Å². The Labute approximate surface area is 160 Å². The number of amides is 1. The standard InChI is InChI=1S/C18H16ClF3N2O.ClH/c19-11-2-4-14(20)13(8-11)18(25)24-17-9-23-6-5-12(17)10-1-3-15(21)16(22)7-10;/h1-4,7-8,12,17,23H,5-6,9H2,(H,24,25);1H. The SMILES string of the molecule is Cl.O=C(NC1CNCCC1c1ccc(F)c(F)c1)c1cc(Cl)ccc1F. The summed E-state index contributed by atoms with van der Waals surface area (Å²) in [6.45, 7) is 1.12. The minimum absolute atomic E-state index is 0. The van der Waals surface area contributed by atoms with Gasteiger partial charge in [-0.25, -0.2) is 13.2 Å². The highest BCUT2D eigenvalue weighted by Crippen LogP contribution is 2.27. The van der Waals surface area contributed by atoms with E-state index in [0.29, 0.717) is 25.1 Å². The Hall–Kier alpha value is -1.76. The molecule has 1 fully saturated rings. The number of halogens is 5. The van der Waals surface area contributed by atoms with Crippen LogP contribution in [0.3, 0.4) is 0 Å². The van der Waals surface area contributed by atoms with Gasteiger partial charge in [-0.05, 0) is 48.9 Å². The molecule has 1 saturated heterocycles. The third-order valence-electron chi connectivity index (χ3n) is 4.34. The third-order valence-corrected chi connectivity index (χ3v) is 4.58. The minimum Gasteiger partial charge on any atom is -0.347 e. The van der Waals surface area contributed by atoms with Gasteiger partial charge in [-0.15, -0.1) is 12.4 Å². The predicted molar refractivity (Wildman–Crippen MR) is 96.5 cm³/mol. The lowest BCUT2D eigenvalue weighted by molar-refractivity contribution is 0.0920. The van der Waals surface area contributed by atoms with Crippen molar-refractivity contribution in [2.45, 2.75) is 18.4 Å². The second-order valence-electron chi connectivity index (χ2n) is 5.98. The van der Waals surface area contributed by atoms with Crippen molar-refractivity contribution in [3.8, 4) is 0 Å². The Bertz CT molecular complexity index is 804. The summed E-state index contributed by atoms with van der Waals surface area (Å²) in [6.07, 6.45) is 0.633. The maximum absolute atomic E-state index is 13.9. The van der Waals surface area contributed by atoms with Crippen LogP contribution in [0.25, 0.3) is 0 Å². The highest BCUT2D eigenvalue weighted by molar-refractivity contribution is 6.31. The first kappa shape index (κ1) is 20.6. The average Bonchev–Trinajstić information content (AvgIpc) is 2.60. The number of nitrogens with one attached hydrogen (secondary N) is 2. The van der Waals surface area contributed by atoms with Crippen LogP contribution < -0.4 is 10.6 Å². The van der Waals surface area contributed by atoms with Crippen LogP contribution in [0.5, 0.6) is 0 Å². The lowest BCUT2D eigenvalue weighted by Gasteiger charge is -2.33. The Kier molecular flexibility index (Phi) is 6.92. The van der Waals surface area contributed by atoms with Gasteiger partial charge >= 0.3 is 0 Å². The van der Waals surface area contributed by atoms with E-state index in [0.717, 1.165) is 18.2 Å². The van der Waals surface area contributed by atoms with E-state index in [2.05, 4.69) is 10.6 Å². The quantitative estimate of drug-likeness (QED) is 0.809. The number of carbonyl (C=O) groups is 1. The van der Waals surface area contributed by atoms with Crippen molar-refractivity contribution in [3.63, 3.8) is 0 Å². The van der Waals surface area contributed by atoms with Gasteiger partial charge in [0.25, 0.3) is 5.91 Å². The van der Waals surface area contributed by atoms with Crippen LogP contribution in [0.1, 0.15) is 28.3 Å². The van der Waals surface area contributed by atoms with Crippen molar-refractivity contribution in [1.29, 1.82) is 0 Å².